The van der Waals surface area contributed by atoms with Crippen molar-refractivity contribution in [2.75, 3.05) is 0 Å². The lowest BCUT2D eigenvalue weighted by Gasteiger charge is -2.20. The molecule has 0 bridgehead atoms. The van der Waals surface area contributed by atoms with Gasteiger partial charge in [0.2, 0.25) is 0 Å². The molecule has 1 heterocycles. The normalized spacial score (nSPS) is 12.7. The van der Waals surface area contributed by atoms with Gasteiger partial charge >= 0.3 is 6.18 Å². The largest absolute Gasteiger partial charge is 0.417 e. The van der Waals surface area contributed by atoms with Crippen LogP contribution in [0.1, 0.15) is 31.9 Å². The van der Waals surface area contributed by atoms with Crippen LogP contribution in [0.15, 0.2) is 48.7 Å². The lowest BCUT2D eigenvalue weighted by atomic mass is 9.96. The van der Waals surface area contributed by atoms with E-state index in [9.17, 15) is 13.2 Å². The smallest absolute Gasteiger partial charge is 0.347 e. The molecule has 0 unspecified atom stereocenters. The van der Waals surface area contributed by atoms with E-state index in [1.165, 1.54) is 12.1 Å². The average molecular weight is 360 g/mol. The maximum atomic E-state index is 13.4. The molecule has 2 N–H and O–H groups in total. The highest BCUT2D eigenvalue weighted by Gasteiger charge is 2.33. The zero-order valence-corrected chi connectivity index (χ0v) is 15.2. The van der Waals surface area contributed by atoms with Crippen LogP contribution in [-0.2, 0) is 19.3 Å². The molecule has 0 amide bonds. The molecular formula is C21H23F3N2. The standard InChI is InChI=1S/C21H23F3N2/c1-20(2,3)13-26-12-15(11-25)17-9-8-14(10-19(17)26)16-6-4-5-7-18(16)21(22,23)24/h4-10,12H,11,13,25H2,1-3H3. The second kappa shape index (κ2) is 6.47. The van der Waals surface area contributed by atoms with Gasteiger partial charge in [0.05, 0.1) is 5.56 Å². The SMILES string of the molecule is CC(C)(C)Cn1cc(CN)c2ccc(-c3ccccc3C(F)(F)F)cc21. The first-order chi connectivity index (χ1) is 12.1. The van der Waals surface area contributed by atoms with E-state index in [4.69, 9.17) is 5.73 Å². The van der Waals surface area contributed by atoms with Crippen molar-refractivity contribution in [1.29, 1.82) is 0 Å². The van der Waals surface area contributed by atoms with Gasteiger partial charge in [-0.1, -0.05) is 51.1 Å². The number of alkyl halides is 3. The molecule has 3 rings (SSSR count). The molecule has 0 spiro atoms. The molecule has 2 nitrogen and oxygen atoms in total. The first-order valence-electron chi connectivity index (χ1n) is 8.58. The fourth-order valence-corrected chi connectivity index (χ4v) is 3.32. The number of halogens is 3. The number of fused-ring (bicyclic) bond motifs is 1. The van der Waals surface area contributed by atoms with E-state index in [1.807, 2.05) is 18.3 Å². The lowest BCUT2D eigenvalue weighted by molar-refractivity contribution is -0.137. The molecule has 0 saturated carbocycles. The number of hydrogen-bond acceptors (Lipinski definition) is 1. The third-order valence-electron chi connectivity index (χ3n) is 4.37. The first kappa shape index (κ1) is 18.5. The molecule has 26 heavy (non-hydrogen) atoms. The molecule has 138 valence electrons. The maximum Gasteiger partial charge on any atom is 0.417 e. The van der Waals surface area contributed by atoms with Crippen molar-refractivity contribution in [3.05, 3.63) is 59.8 Å². The second-order valence-corrected chi connectivity index (χ2v) is 7.82. The Labute approximate surface area is 151 Å². The van der Waals surface area contributed by atoms with Gasteiger partial charge < -0.3 is 10.3 Å². The van der Waals surface area contributed by atoms with E-state index in [-0.39, 0.29) is 11.0 Å². The van der Waals surface area contributed by atoms with Gasteiger partial charge in [-0.2, -0.15) is 13.2 Å². The van der Waals surface area contributed by atoms with E-state index in [0.717, 1.165) is 29.1 Å². The highest BCUT2D eigenvalue weighted by atomic mass is 19.4. The van der Waals surface area contributed by atoms with Crippen LogP contribution in [0.5, 0.6) is 0 Å². The van der Waals surface area contributed by atoms with E-state index in [1.54, 1.807) is 12.1 Å². The summed E-state index contributed by atoms with van der Waals surface area (Å²) in [5.41, 5.74) is 7.95. The van der Waals surface area contributed by atoms with Gasteiger partial charge in [-0.15, -0.1) is 0 Å². The quantitative estimate of drug-likeness (QED) is 0.626. The number of rotatable bonds is 3. The molecule has 1 aromatic heterocycles. The third-order valence-corrected chi connectivity index (χ3v) is 4.37. The van der Waals surface area contributed by atoms with Gasteiger partial charge in [0.25, 0.3) is 0 Å². The molecule has 0 fully saturated rings. The van der Waals surface area contributed by atoms with Crippen molar-refractivity contribution in [1.82, 2.24) is 4.57 Å². The van der Waals surface area contributed by atoms with Gasteiger partial charge in [-0.05, 0) is 34.2 Å². The predicted molar refractivity (Wildman–Crippen MR) is 99.7 cm³/mol. The highest BCUT2D eigenvalue weighted by Crippen LogP contribution is 2.38. The van der Waals surface area contributed by atoms with Gasteiger partial charge in [-0.3, -0.25) is 0 Å². The molecule has 0 aliphatic heterocycles. The minimum Gasteiger partial charge on any atom is -0.347 e. The molecule has 5 heteroatoms. The zero-order valence-electron chi connectivity index (χ0n) is 15.2. The van der Waals surface area contributed by atoms with Crippen LogP contribution < -0.4 is 5.73 Å². The molecule has 2 aromatic carbocycles. The van der Waals surface area contributed by atoms with Crippen molar-refractivity contribution in [2.24, 2.45) is 11.1 Å². The Balaban J connectivity index is 2.20. The molecule has 0 atom stereocenters. The molecule has 0 radical (unpaired) electrons. The lowest BCUT2D eigenvalue weighted by Crippen LogP contribution is -2.14. The van der Waals surface area contributed by atoms with E-state index in [2.05, 4.69) is 25.3 Å². The summed E-state index contributed by atoms with van der Waals surface area (Å²) in [5.74, 6) is 0. The van der Waals surface area contributed by atoms with Crippen LogP contribution in [0, 0.1) is 5.41 Å². The van der Waals surface area contributed by atoms with Gasteiger partial charge in [0.15, 0.2) is 0 Å². The van der Waals surface area contributed by atoms with Crippen molar-refractivity contribution in [3.63, 3.8) is 0 Å². The van der Waals surface area contributed by atoms with Gasteiger partial charge in [0, 0.05) is 30.2 Å². The first-order valence-corrected chi connectivity index (χ1v) is 8.58. The number of nitrogens with two attached hydrogens (primary N) is 1. The van der Waals surface area contributed by atoms with Crippen LogP contribution in [0.2, 0.25) is 0 Å². The third kappa shape index (κ3) is 3.63. The Morgan fingerprint density at radius 2 is 1.69 bits per heavy atom. The molecule has 0 saturated heterocycles. The molecule has 0 aliphatic carbocycles. The van der Waals surface area contributed by atoms with Crippen molar-refractivity contribution in [2.45, 2.75) is 40.0 Å². The second-order valence-electron chi connectivity index (χ2n) is 7.82. The maximum absolute atomic E-state index is 13.4. The summed E-state index contributed by atoms with van der Waals surface area (Å²) in [4.78, 5) is 0. The Morgan fingerprint density at radius 1 is 1.00 bits per heavy atom. The van der Waals surface area contributed by atoms with Crippen molar-refractivity contribution in [3.8, 4) is 11.1 Å². The summed E-state index contributed by atoms with van der Waals surface area (Å²) < 4.78 is 42.3. The van der Waals surface area contributed by atoms with Crippen LogP contribution in [0.25, 0.3) is 22.0 Å². The van der Waals surface area contributed by atoms with Crippen LogP contribution in [0.4, 0.5) is 13.2 Å². The van der Waals surface area contributed by atoms with Crippen molar-refractivity contribution < 1.29 is 13.2 Å². The topological polar surface area (TPSA) is 30.9 Å². The average Bonchev–Trinajstić information content (AvgIpc) is 2.89. The Hall–Kier alpha value is -2.27. The Kier molecular flexibility index (Phi) is 4.61. The summed E-state index contributed by atoms with van der Waals surface area (Å²) in [5, 5.41) is 0.991. The number of benzene rings is 2. The summed E-state index contributed by atoms with van der Waals surface area (Å²) in [6.07, 6.45) is -2.38. The molecule has 0 aliphatic rings. The molecular weight excluding hydrogens is 337 g/mol. The Bertz CT molecular complexity index is 931. The fourth-order valence-electron chi connectivity index (χ4n) is 3.32. The minimum atomic E-state index is -4.39. The summed E-state index contributed by atoms with van der Waals surface area (Å²) in [6, 6.07) is 11.1. The van der Waals surface area contributed by atoms with Gasteiger partial charge in [-0.25, -0.2) is 0 Å². The number of nitrogens with zero attached hydrogens (tertiary/aromatic N) is 1. The monoisotopic (exact) mass is 360 g/mol. The summed E-state index contributed by atoms with van der Waals surface area (Å²) >= 11 is 0. The summed E-state index contributed by atoms with van der Waals surface area (Å²) in [6.45, 7) is 7.54. The van der Waals surface area contributed by atoms with Crippen LogP contribution in [0.3, 0.4) is 0 Å². The summed E-state index contributed by atoms with van der Waals surface area (Å²) in [7, 11) is 0. The van der Waals surface area contributed by atoms with E-state index in [0.29, 0.717) is 12.1 Å². The van der Waals surface area contributed by atoms with Crippen LogP contribution in [-0.4, -0.2) is 4.57 Å². The minimum absolute atomic E-state index is 0.0394. The predicted octanol–water partition coefficient (Wildman–Crippen LogP) is 5.83. The molecule has 3 aromatic rings. The van der Waals surface area contributed by atoms with Gasteiger partial charge in [0.1, 0.15) is 0 Å². The van der Waals surface area contributed by atoms with E-state index >= 15 is 0 Å². The Morgan fingerprint density at radius 3 is 2.31 bits per heavy atom. The van der Waals surface area contributed by atoms with E-state index < -0.39 is 11.7 Å². The zero-order chi connectivity index (χ0) is 19.1. The highest BCUT2D eigenvalue weighted by molar-refractivity contribution is 5.89. The fraction of sp³-hybridized carbons (Fsp3) is 0.333. The van der Waals surface area contributed by atoms with Crippen LogP contribution >= 0.6 is 0 Å². The van der Waals surface area contributed by atoms with Crippen molar-refractivity contribution >= 4 is 10.9 Å². The number of aromatic nitrogens is 1. The number of hydrogen-bond donors (Lipinski definition) is 1.